The van der Waals surface area contributed by atoms with Crippen molar-refractivity contribution in [2.45, 2.75) is 13.3 Å². The van der Waals surface area contributed by atoms with Gasteiger partial charge in [0, 0.05) is 11.3 Å². The Morgan fingerprint density at radius 3 is 2.55 bits per heavy atom. The Labute approximate surface area is 61.9 Å². The number of hydrogen-bond acceptors (Lipinski definition) is 1. The van der Waals surface area contributed by atoms with E-state index in [4.69, 9.17) is 0 Å². The highest BCUT2D eigenvalue weighted by molar-refractivity contribution is 5.20. The molecule has 0 fully saturated rings. The molecule has 0 aliphatic heterocycles. The Morgan fingerprint density at radius 2 is 2.09 bits per heavy atom. The highest BCUT2D eigenvalue weighted by atomic mass is 19.3. The number of rotatable bonds is 1. The zero-order valence-corrected chi connectivity index (χ0v) is 5.81. The first-order chi connectivity index (χ1) is 5.11. The SMILES string of the molecule is Cc1ncc(F)cc1C(F)F. The Morgan fingerprint density at radius 1 is 1.45 bits per heavy atom. The quantitative estimate of drug-likeness (QED) is 0.616. The molecule has 0 aliphatic rings. The Hall–Kier alpha value is -1.06. The van der Waals surface area contributed by atoms with Gasteiger partial charge in [-0.25, -0.2) is 13.2 Å². The van der Waals surface area contributed by atoms with Crippen LogP contribution in [0.15, 0.2) is 12.3 Å². The molecule has 0 bridgehead atoms. The third-order valence-electron chi connectivity index (χ3n) is 1.33. The van der Waals surface area contributed by atoms with Gasteiger partial charge in [-0.3, -0.25) is 4.98 Å². The van der Waals surface area contributed by atoms with Gasteiger partial charge in [-0.2, -0.15) is 0 Å². The van der Waals surface area contributed by atoms with E-state index in [1.807, 2.05) is 0 Å². The van der Waals surface area contributed by atoms with Crippen molar-refractivity contribution in [2.75, 3.05) is 0 Å². The zero-order chi connectivity index (χ0) is 8.43. The van der Waals surface area contributed by atoms with Gasteiger partial charge in [-0.15, -0.1) is 0 Å². The number of halogens is 3. The minimum absolute atomic E-state index is 0.168. The van der Waals surface area contributed by atoms with Crippen LogP contribution < -0.4 is 0 Å². The fourth-order valence-electron chi connectivity index (χ4n) is 0.744. The number of pyridine rings is 1. The minimum atomic E-state index is -2.65. The predicted octanol–water partition coefficient (Wildman–Crippen LogP) is 2.47. The molecule has 0 radical (unpaired) electrons. The van der Waals surface area contributed by atoms with Crippen molar-refractivity contribution in [1.29, 1.82) is 0 Å². The molecule has 0 aliphatic carbocycles. The molecule has 0 atom stereocenters. The summed E-state index contributed by atoms with van der Waals surface area (Å²) >= 11 is 0. The number of aryl methyl sites for hydroxylation is 1. The molecule has 0 saturated carbocycles. The summed E-state index contributed by atoms with van der Waals surface area (Å²) in [6.07, 6.45) is -1.74. The van der Waals surface area contributed by atoms with Gasteiger partial charge in [0.25, 0.3) is 6.43 Å². The van der Waals surface area contributed by atoms with Crippen LogP contribution in [0.3, 0.4) is 0 Å². The van der Waals surface area contributed by atoms with Gasteiger partial charge in [-0.1, -0.05) is 0 Å². The maximum absolute atomic E-state index is 12.3. The molecule has 1 heterocycles. The zero-order valence-electron chi connectivity index (χ0n) is 5.81. The maximum atomic E-state index is 12.3. The molecule has 60 valence electrons. The van der Waals surface area contributed by atoms with Crippen LogP contribution in [0.1, 0.15) is 17.7 Å². The fourth-order valence-corrected chi connectivity index (χ4v) is 0.744. The van der Waals surface area contributed by atoms with Gasteiger partial charge in [0.1, 0.15) is 5.82 Å². The van der Waals surface area contributed by atoms with Crippen molar-refractivity contribution in [3.05, 3.63) is 29.3 Å². The van der Waals surface area contributed by atoms with Gasteiger partial charge in [0.15, 0.2) is 0 Å². The lowest BCUT2D eigenvalue weighted by Gasteiger charge is -2.01. The molecular formula is C7H6F3N. The third kappa shape index (κ3) is 1.69. The second kappa shape index (κ2) is 2.90. The maximum Gasteiger partial charge on any atom is 0.265 e. The average Bonchev–Trinajstić information content (AvgIpc) is 1.94. The van der Waals surface area contributed by atoms with E-state index in [2.05, 4.69) is 4.98 Å². The van der Waals surface area contributed by atoms with Crippen LogP contribution in [0.5, 0.6) is 0 Å². The van der Waals surface area contributed by atoms with Gasteiger partial charge >= 0.3 is 0 Å². The molecule has 4 heteroatoms. The summed E-state index contributed by atoms with van der Waals surface area (Å²) in [7, 11) is 0. The molecule has 0 saturated heterocycles. The van der Waals surface area contributed by atoms with Crippen LogP contribution >= 0.6 is 0 Å². The van der Waals surface area contributed by atoms with Crippen LogP contribution in [0.25, 0.3) is 0 Å². The molecule has 1 aromatic heterocycles. The lowest BCUT2D eigenvalue weighted by Crippen LogP contribution is -1.93. The van der Waals surface area contributed by atoms with Crippen molar-refractivity contribution >= 4 is 0 Å². The second-order valence-electron chi connectivity index (χ2n) is 2.13. The van der Waals surface area contributed by atoms with Gasteiger partial charge in [0.2, 0.25) is 0 Å². The van der Waals surface area contributed by atoms with E-state index in [-0.39, 0.29) is 11.3 Å². The van der Waals surface area contributed by atoms with Crippen LogP contribution in [-0.4, -0.2) is 4.98 Å². The average molecular weight is 161 g/mol. The Balaban J connectivity index is 3.13. The molecule has 0 unspecified atom stereocenters. The molecule has 0 N–H and O–H groups in total. The molecule has 1 aromatic rings. The monoisotopic (exact) mass is 161 g/mol. The highest BCUT2D eigenvalue weighted by Gasteiger charge is 2.11. The van der Waals surface area contributed by atoms with Gasteiger partial charge < -0.3 is 0 Å². The summed E-state index contributed by atoms with van der Waals surface area (Å²) in [5.74, 6) is -0.731. The molecule has 0 spiro atoms. The normalized spacial score (nSPS) is 10.6. The van der Waals surface area contributed by atoms with Crippen molar-refractivity contribution in [1.82, 2.24) is 4.98 Å². The topological polar surface area (TPSA) is 12.9 Å². The standard InChI is InChI=1S/C7H6F3N/c1-4-6(7(9)10)2-5(8)3-11-4/h2-3,7H,1H3. The summed E-state index contributed by atoms with van der Waals surface area (Å²) in [5, 5.41) is 0. The lowest BCUT2D eigenvalue weighted by atomic mass is 10.2. The second-order valence-corrected chi connectivity index (χ2v) is 2.13. The number of aromatic nitrogens is 1. The molecular weight excluding hydrogens is 155 g/mol. The van der Waals surface area contributed by atoms with Crippen LogP contribution in [0.2, 0.25) is 0 Å². The van der Waals surface area contributed by atoms with E-state index < -0.39 is 12.2 Å². The van der Waals surface area contributed by atoms with Crippen LogP contribution in [0, 0.1) is 12.7 Å². The largest absolute Gasteiger partial charge is 0.265 e. The van der Waals surface area contributed by atoms with E-state index in [0.29, 0.717) is 0 Å². The Kier molecular flexibility index (Phi) is 2.12. The summed E-state index contributed by atoms with van der Waals surface area (Å²) in [6.45, 7) is 1.42. The molecule has 1 nitrogen and oxygen atoms in total. The van der Waals surface area contributed by atoms with Crippen molar-refractivity contribution in [3.63, 3.8) is 0 Å². The smallest absolute Gasteiger partial charge is 0.258 e. The first kappa shape index (κ1) is 8.04. The predicted molar refractivity (Wildman–Crippen MR) is 33.9 cm³/mol. The van der Waals surface area contributed by atoms with E-state index in [1.165, 1.54) is 6.92 Å². The molecule has 1 rings (SSSR count). The van der Waals surface area contributed by atoms with Crippen molar-refractivity contribution in [3.8, 4) is 0 Å². The van der Waals surface area contributed by atoms with Gasteiger partial charge in [0.05, 0.1) is 6.20 Å². The minimum Gasteiger partial charge on any atom is -0.258 e. The Bertz CT molecular complexity index is 260. The van der Waals surface area contributed by atoms with Crippen molar-refractivity contribution < 1.29 is 13.2 Å². The summed E-state index contributed by atoms with van der Waals surface area (Å²) in [4.78, 5) is 3.44. The summed E-state index contributed by atoms with van der Waals surface area (Å²) in [5.41, 5.74) is -0.175. The lowest BCUT2D eigenvalue weighted by molar-refractivity contribution is 0.149. The van der Waals surface area contributed by atoms with E-state index in [1.54, 1.807) is 0 Å². The van der Waals surface area contributed by atoms with E-state index in [9.17, 15) is 13.2 Å². The first-order valence-electron chi connectivity index (χ1n) is 3.01. The fraction of sp³-hybridized carbons (Fsp3) is 0.286. The number of alkyl halides is 2. The molecule has 0 amide bonds. The van der Waals surface area contributed by atoms with Gasteiger partial charge in [-0.05, 0) is 13.0 Å². The number of hydrogen-bond donors (Lipinski definition) is 0. The first-order valence-corrected chi connectivity index (χ1v) is 3.01. The van der Waals surface area contributed by atoms with Crippen LogP contribution in [0.4, 0.5) is 13.2 Å². The van der Waals surface area contributed by atoms with Crippen molar-refractivity contribution in [2.24, 2.45) is 0 Å². The summed E-state index contributed by atoms with van der Waals surface area (Å²) in [6, 6.07) is 0.799. The van der Waals surface area contributed by atoms with E-state index in [0.717, 1.165) is 12.3 Å². The highest BCUT2D eigenvalue weighted by Crippen LogP contribution is 2.21. The number of nitrogens with zero attached hydrogens (tertiary/aromatic N) is 1. The molecule has 0 aromatic carbocycles. The van der Waals surface area contributed by atoms with E-state index >= 15 is 0 Å². The summed E-state index contributed by atoms with van der Waals surface area (Å²) < 4.78 is 36.3. The van der Waals surface area contributed by atoms with Crippen LogP contribution in [-0.2, 0) is 0 Å². The third-order valence-corrected chi connectivity index (χ3v) is 1.33. The molecule has 11 heavy (non-hydrogen) atoms.